The Kier molecular flexibility index (Phi) is 11.6. The zero-order chi connectivity index (χ0) is 4.99. The minimum Gasteiger partial charge on any atom is -0.786 e. The standard InChI is InChI=1S/C2H6O3P.Na/c1-2-5-6(3)4;/h3H,2H2,1H3;/q-1;+1. The van der Waals surface area contributed by atoms with E-state index in [2.05, 4.69) is 4.52 Å². The third-order valence-corrected chi connectivity index (χ3v) is 0.719. The van der Waals surface area contributed by atoms with E-state index in [0.29, 0.717) is 6.61 Å². The van der Waals surface area contributed by atoms with E-state index in [4.69, 9.17) is 4.89 Å². The van der Waals surface area contributed by atoms with Gasteiger partial charge in [0.15, 0.2) is 0 Å². The summed E-state index contributed by atoms with van der Waals surface area (Å²) in [6.45, 7) is 1.95. The summed E-state index contributed by atoms with van der Waals surface area (Å²) in [6, 6.07) is 0. The SMILES string of the molecule is CCOP([O-])O.[Na+]. The van der Waals surface area contributed by atoms with Crippen LogP contribution >= 0.6 is 8.60 Å². The number of hydrogen-bond acceptors (Lipinski definition) is 3. The van der Waals surface area contributed by atoms with E-state index in [1.807, 2.05) is 0 Å². The molecule has 0 aromatic carbocycles. The molecule has 3 nitrogen and oxygen atoms in total. The number of hydrogen-bond donors (Lipinski definition) is 1. The largest absolute Gasteiger partial charge is 1.00 e. The van der Waals surface area contributed by atoms with Gasteiger partial charge in [0.25, 0.3) is 0 Å². The third-order valence-electron chi connectivity index (χ3n) is 0.240. The molecule has 0 amide bonds. The van der Waals surface area contributed by atoms with Crippen molar-refractivity contribution >= 4 is 8.60 Å². The third kappa shape index (κ3) is 11.1. The maximum Gasteiger partial charge on any atom is 1.00 e. The van der Waals surface area contributed by atoms with Crippen molar-refractivity contribution in [2.75, 3.05) is 6.61 Å². The second kappa shape index (κ2) is 7.31. The summed E-state index contributed by atoms with van der Waals surface area (Å²) in [7, 11) is -2.35. The van der Waals surface area contributed by atoms with Crippen LogP contribution in [0, 0.1) is 0 Å². The Balaban J connectivity index is 0. The molecule has 1 atom stereocenters. The molecule has 7 heavy (non-hydrogen) atoms. The zero-order valence-electron chi connectivity index (χ0n) is 4.42. The molecule has 1 unspecified atom stereocenters. The summed E-state index contributed by atoms with van der Waals surface area (Å²) in [6.07, 6.45) is 0. The van der Waals surface area contributed by atoms with E-state index in [0.717, 1.165) is 0 Å². The molecule has 0 aromatic heterocycles. The molecule has 0 saturated heterocycles. The van der Waals surface area contributed by atoms with Gasteiger partial charge in [-0.1, -0.05) is 0 Å². The fourth-order valence-corrected chi connectivity index (χ4v) is 0.331. The monoisotopic (exact) mass is 132 g/mol. The number of rotatable bonds is 2. The van der Waals surface area contributed by atoms with Gasteiger partial charge < -0.3 is 14.3 Å². The van der Waals surface area contributed by atoms with Gasteiger partial charge in [-0.05, 0) is 6.92 Å². The van der Waals surface area contributed by atoms with Crippen LogP contribution in [0.2, 0.25) is 0 Å². The van der Waals surface area contributed by atoms with Crippen LogP contribution in [-0.4, -0.2) is 11.5 Å². The average Bonchev–Trinajstić information content (AvgIpc) is 1.35. The van der Waals surface area contributed by atoms with Crippen LogP contribution in [0.1, 0.15) is 6.92 Å². The van der Waals surface area contributed by atoms with Gasteiger partial charge >= 0.3 is 29.6 Å². The molecule has 0 aliphatic carbocycles. The molecule has 0 rings (SSSR count). The Morgan fingerprint density at radius 3 is 2.29 bits per heavy atom. The normalized spacial score (nSPS) is 12.4. The first-order chi connectivity index (χ1) is 2.77. The van der Waals surface area contributed by atoms with Gasteiger partial charge in [-0.2, -0.15) is 0 Å². The molecule has 0 bridgehead atoms. The Morgan fingerprint density at radius 1 is 1.86 bits per heavy atom. The molecular weight excluding hydrogens is 126 g/mol. The van der Waals surface area contributed by atoms with Crippen molar-refractivity contribution in [1.29, 1.82) is 0 Å². The Hall–Kier alpha value is 1.31. The van der Waals surface area contributed by atoms with Gasteiger partial charge in [-0.3, -0.25) is 0 Å². The minimum atomic E-state index is -2.35. The first kappa shape index (κ1) is 11.2. The van der Waals surface area contributed by atoms with E-state index in [9.17, 15) is 4.89 Å². The first-order valence-corrected chi connectivity index (χ1v) is 2.69. The van der Waals surface area contributed by atoms with Crippen molar-refractivity contribution in [2.45, 2.75) is 6.92 Å². The van der Waals surface area contributed by atoms with Crippen LogP contribution in [0.25, 0.3) is 0 Å². The van der Waals surface area contributed by atoms with Crippen molar-refractivity contribution in [1.82, 2.24) is 0 Å². The summed E-state index contributed by atoms with van der Waals surface area (Å²) < 4.78 is 4.11. The van der Waals surface area contributed by atoms with Crippen LogP contribution in [-0.2, 0) is 4.52 Å². The van der Waals surface area contributed by atoms with E-state index in [1.54, 1.807) is 6.92 Å². The Bertz CT molecular complexity index is 34.1. The van der Waals surface area contributed by atoms with Gasteiger partial charge in [0.05, 0.1) is 8.60 Å². The van der Waals surface area contributed by atoms with E-state index in [-0.39, 0.29) is 29.6 Å². The quantitative estimate of drug-likeness (QED) is 0.315. The zero-order valence-corrected chi connectivity index (χ0v) is 7.31. The molecule has 0 radical (unpaired) electrons. The molecule has 1 N–H and O–H groups in total. The summed E-state index contributed by atoms with van der Waals surface area (Å²) in [4.78, 5) is 17.4. The molecular formula is C2H6NaO3P. The summed E-state index contributed by atoms with van der Waals surface area (Å²) in [5.74, 6) is 0. The van der Waals surface area contributed by atoms with Crippen LogP contribution < -0.4 is 34.5 Å². The van der Waals surface area contributed by atoms with E-state index in [1.165, 1.54) is 0 Å². The smallest absolute Gasteiger partial charge is 0.786 e. The molecule has 38 valence electrons. The second-order valence-electron chi connectivity index (χ2n) is 0.656. The second-order valence-corrected chi connectivity index (χ2v) is 1.39. The van der Waals surface area contributed by atoms with Gasteiger partial charge in [0, 0.05) is 6.61 Å². The van der Waals surface area contributed by atoms with Crippen LogP contribution in [0.4, 0.5) is 0 Å². The van der Waals surface area contributed by atoms with E-state index < -0.39 is 8.60 Å². The van der Waals surface area contributed by atoms with Crippen molar-refractivity contribution in [3.05, 3.63) is 0 Å². The molecule has 0 fully saturated rings. The molecule has 0 aliphatic rings. The summed E-state index contributed by atoms with van der Waals surface area (Å²) >= 11 is 0. The van der Waals surface area contributed by atoms with Crippen LogP contribution in [0.5, 0.6) is 0 Å². The first-order valence-electron chi connectivity index (χ1n) is 1.56. The Labute approximate surface area is 66.0 Å². The molecule has 0 spiro atoms. The fraction of sp³-hybridized carbons (Fsp3) is 1.00. The van der Waals surface area contributed by atoms with Crippen molar-refractivity contribution in [3.63, 3.8) is 0 Å². The molecule has 0 aliphatic heterocycles. The van der Waals surface area contributed by atoms with Crippen LogP contribution in [0.3, 0.4) is 0 Å². The molecule has 0 heterocycles. The minimum absolute atomic E-state index is 0. The van der Waals surface area contributed by atoms with Gasteiger partial charge in [0.1, 0.15) is 0 Å². The predicted molar refractivity (Wildman–Crippen MR) is 20.8 cm³/mol. The van der Waals surface area contributed by atoms with Gasteiger partial charge in [-0.25, -0.2) is 0 Å². The van der Waals surface area contributed by atoms with Gasteiger partial charge in [0.2, 0.25) is 0 Å². The molecule has 0 aromatic rings. The van der Waals surface area contributed by atoms with Crippen molar-refractivity contribution < 1.29 is 43.9 Å². The van der Waals surface area contributed by atoms with Gasteiger partial charge in [-0.15, -0.1) is 0 Å². The van der Waals surface area contributed by atoms with Crippen molar-refractivity contribution in [2.24, 2.45) is 0 Å². The van der Waals surface area contributed by atoms with Crippen LogP contribution in [0.15, 0.2) is 0 Å². The summed E-state index contributed by atoms with van der Waals surface area (Å²) in [5.41, 5.74) is 0. The predicted octanol–water partition coefficient (Wildman–Crippen LogP) is -3.39. The topological polar surface area (TPSA) is 52.5 Å². The maximum atomic E-state index is 9.53. The average molecular weight is 132 g/mol. The maximum absolute atomic E-state index is 9.53. The fourth-order valence-electron chi connectivity index (χ4n) is 0.110. The Morgan fingerprint density at radius 2 is 2.29 bits per heavy atom. The van der Waals surface area contributed by atoms with E-state index >= 15 is 0 Å². The van der Waals surface area contributed by atoms with Crippen molar-refractivity contribution in [3.8, 4) is 0 Å². The summed E-state index contributed by atoms with van der Waals surface area (Å²) in [5, 5.41) is 0. The molecule has 5 heteroatoms. The molecule has 0 saturated carbocycles.